The number of ketones is 1. The first-order chi connectivity index (χ1) is 6.33. The summed E-state index contributed by atoms with van der Waals surface area (Å²) in [7, 11) is 0. The molecule has 0 aromatic heterocycles. The molecular formula is C9H11NO3. The number of allylic oxidation sites excluding steroid dienone is 3. The van der Waals surface area contributed by atoms with Gasteiger partial charge in [-0.1, -0.05) is 11.8 Å². The minimum Gasteiger partial charge on any atom is -0.362 e. The fraction of sp³-hybridized carbons (Fsp3) is 0.222. The molecular weight excluding hydrogens is 170 g/mol. The second-order valence-electron chi connectivity index (χ2n) is 2.31. The summed E-state index contributed by atoms with van der Waals surface area (Å²) < 4.78 is 0. The molecule has 0 unspecified atom stereocenters. The predicted octanol–water partition coefficient (Wildman–Crippen LogP) is 1.34. The molecule has 0 aliphatic carbocycles. The van der Waals surface area contributed by atoms with Crippen LogP contribution in [0.3, 0.4) is 0 Å². The van der Waals surface area contributed by atoms with E-state index in [1.807, 2.05) is 0 Å². The molecule has 1 rings (SSSR count). The summed E-state index contributed by atoms with van der Waals surface area (Å²) in [4.78, 5) is 20.7. The van der Waals surface area contributed by atoms with Crippen molar-refractivity contribution in [1.82, 2.24) is 5.23 Å². The molecule has 0 aromatic rings. The molecule has 0 spiro atoms. The van der Waals surface area contributed by atoms with Crippen molar-refractivity contribution < 1.29 is 14.5 Å². The number of carbonyl (C=O) groups is 1. The third-order valence-electron chi connectivity index (χ3n) is 1.36. The van der Waals surface area contributed by atoms with Crippen LogP contribution in [0.2, 0.25) is 0 Å². The summed E-state index contributed by atoms with van der Waals surface area (Å²) in [5.41, 5.74) is 0. The quantitative estimate of drug-likeness (QED) is 0.600. The summed E-state index contributed by atoms with van der Waals surface area (Å²) >= 11 is 0. The van der Waals surface area contributed by atoms with Gasteiger partial charge in [-0.05, 0) is 18.2 Å². The average Bonchev–Trinajstić information content (AvgIpc) is 2.19. The summed E-state index contributed by atoms with van der Waals surface area (Å²) in [5.74, 6) is -0.0449. The lowest BCUT2D eigenvalue weighted by molar-refractivity contribution is -0.308. The van der Waals surface area contributed by atoms with Gasteiger partial charge in [0.05, 0.1) is 12.8 Å². The minimum atomic E-state index is -0.0449. The van der Waals surface area contributed by atoms with Gasteiger partial charge in [-0.25, -0.2) is 4.84 Å². The van der Waals surface area contributed by atoms with E-state index in [4.69, 9.17) is 9.68 Å². The average molecular weight is 181 g/mol. The van der Waals surface area contributed by atoms with Gasteiger partial charge in [0.1, 0.15) is 6.26 Å². The normalized spacial score (nSPS) is 14.0. The van der Waals surface area contributed by atoms with Crippen molar-refractivity contribution in [2.45, 2.75) is 6.42 Å². The zero-order valence-corrected chi connectivity index (χ0v) is 7.18. The van der Waals surface area contributed by atoms with Gasteiger partial charge in [-0.3, -0.25) is 4.79 Å². The maximum atomic E-state index is 10.8. The molecule has 0 saturated heterocycles. The number of hydrogen-bond acceptors (Lipinski definition) is 4. The molecule has 0 bridgehead atoms. The lowest BCUT2D eigenvalue weighted by Crippen LogP contribution is -2.18. The lowest BCUT2D eigenvalue weighted by Gasteiger charge is -2.18. The molecule has 0 N–H and O–H groups in total. The number of rotatable bonds is 5. The first kappa shape index (κ1) is 9.54. The molecule has 1 heterocycles. The van der Waals surface area contributed by atoms with Gasteiger partial charge in [-0.15, -0.1) is 0 Å². The van der Waals surface area contributed by atoms with Gasteiger partial charge >= 0.3 is 0 Å². The molecule has 4 heteroatoms. The number of carbonyl (C=O) groups excluding carboxylic acids is 1. The van der Waals surface area contributed by atoms with E-state index in [1.54, 1.807) is 18.4 Å². The van der Waals surface area contributed by atoms with E-state index in [2.05, 4.69) is 6.58 Å². The van der Waals surface area contributed by atoms with Crippen LogP contribution < -0.4 is 0 Å². The molecule has 13 heavy (non-hydrogen) atoms. The Morgan fingerprint density at radius 1 is 1.62 bits per heavy atom. The van der Waals surface area contributed by atoms with Crippen LogP contribution in [0, 0.1) is 0 Å². The van der Waals surface area contributed by atoms with Crippen LogP contribution in [0.15, 0.2) is 37.3 Å². The minimum absolute atomic E-state index is 0.0449. The molecule has 4 nitrogen and oxygen atoms in total. The van der Waals surface area contributed by atoms with E-state index < -0.39 is 0 Å². The number of hydrogen-bond donors (Lipinski definition) is 0. The zero-order chi connectivity index (χ0) is 9.52. The van der Waals surface area contributed by atoms with Crippen molar-refractivity contribution in [3.63, 3.8) is 0 Å². The Labute approximate surface area is 76.6 Å². The van der Waals surface area contributed by atoms with Crippen molar-refractivity contribution in [3.8, 4) is 0 Å². The highest BCUT2D eigenvalue weighted by Crippen LogP contribution is 2.01. The van der Waals surface area contributed by atoms with Crippen LogP contribution >= 0.6 is 0 Å². The summed E-state index contributed by atoms with van der Waals surface area (Å²) in [5, 5.41) is 1.19. The first-order valence-electron chi connectivity index (χ1n) is 3.90. The Hall–Kier alpha value is -1.55. The molecule has 70 valence electrons. The van der Waals surface area contributed by atoms with Crippen molar-refractivity contribution in [2.24, 2.45) is 0 Å². The van der Waals surface area contributed by atoms with Crippen LogP contribution in [0.5, 0.6) is 0 Å². The third kappa shape index (κ3) is 3.57. The molecule has 0 radical (unpaired) electrons. The monoisotopic (exact) mass is 181 g/mol. The maximum absolute atomic E-state index is 10.8. The first-order valence-corrected chi connectivity index (χ1v) is 3.90. The SMILES string of the molecule is C=CC(=O)CCON1C=CC=CO1. The van der Waals surface area contributed by atoms with E-state index >= 15 is 0 Å². The number of nitrogens with zero attached hydrogens (tertiary/aromatic N) is 1. The topological polar surface area (TPSA) is 38.8 Å². The summed E-state index contributed by atoms with van der Waals surface area (Å²) in [6, 6.07) is 0. The lowest BCUT2D eigenvalue weighted by atomic mass is 10.3. The second-order valence-corrected chi connectivity index (χ2v) is 2.31. The van der Waals surface area contributed by atoms with Crippen molar-refractivity contribution in [2.75, 3.05) is 6.61 Å². The molecule has 0 fully saturated rings. The Kier molecular flexibility index (Phi) is 3.78. The Balaban J connectivity index is 2.12. The smallest absolute Gasteiger partial charge is 0.157 e. The fourth-order valence-electron chi connectivity index (χ4n) is 0.707. The van der Waals surface area contributed by atoms with E-state index in [9.17, 15) is 4.79 Å². The zero-order valence-electron chi connectivity index (χ0n) is 7.18. The molecule has 1 aliphatic heterocycles. The van der Waals surface area contributed by atoms with Crippen LogP contribution in [0.1, 0.15) is 6.42 Å². The van der Waals surface area contributed by atoms with Crippen molar-refractivity contribution in [1.29, 1.82) is 0 Å². The molecule has 0 aromatic carbocycles. The highest BCUT2D eigenvalue weighted by atomic mass is 16.9. The van der Waals surface area contributed by atoms with Crippen LogP contribution in [0.4, 0.5) is 0 Å². The number of hydroxylamine groups is 2. The van der Waals surface area contributed by atoms with Gasteiger partial charge < -0.3 is 4.84 Å². The second kappa shape index (κ2) is 5.16. The van der Waals surface area contributed by atoms with Crippen LogP contribution in [-0.4, -0.2) is 17.6 Å². The van der Waals surface area contributed by atoms with Gasteiger partial charge in [0.25, 0.3) is 0 Å². The molecule has 0 atom stereocenters. The van der Waals surface area contributed by atoms with E-state index in [0.717, 1.165) is 0 Å². The maximum Gasteiger partial charge on any atom is 0.157 e. The van der Waals surface area contributed by atoms with E-state index in [0.29, 0.717) is 6.42 Å². The standard InChI is InChI=1S/C9H11NO3/c1-2-9(11)5-8-13-10-6-3-4-7-12-10/h2-4,6-7H,1,5,8H2. The van der Waals surface area contributed by atoms with Crippen molar-refractivity contribution in [3.05, 3.63) is 37.3 Å². The fourth-order valence-corrected chi connectivity index (χ4v) is 0.707. The van der Waals surface area contributed by atoms with Crippen LogP contribution in [-0.2, 0) is 14.5 Å². The third-order valence-corrected chi connectivity index (χ3v) is 1.36. The van der Waals surface area contributed by atoms with Crippen LogP contribution in [0.25, 0.3) is 0 Å². The van der Waals surface area contributed by atoms with Gasteiger partial charge in [0, 0.05) is 6.42 Å². The summed E-state index contributed by atoms with van der Waals surface area (Å²) in [6.45, 7) is 3.63. The summed E-state index contributed by atoms with van der Waals surface area (Å²) in [6.07, 6.45) is 8.17. The Morgan fingerprint density at radius 2 is 2.46 bits per heavy atom. The van der Waals surface area contributed by atoms with Gasteiger partial charge in [0.15, 0.2) is 5.78 Å². The largest absolute Gasteiger partial charge is 0.362 e. The van der Waals surface area contributed by atoms with Crippen molar-refractivity contribution >= 4 is 5.78 Å². The Morgan fingerprint density at radius 3 is 3.08 bits per heavy atom. The Bertz CT molecular complexity index is 245. The van der Waals surface area contributed by atoms with Gasteiger partial charge in [-0.2, -0.15) is 0 Å². The predicted molar refractivity (Wildman–Crippen MR) is 47.0 cm³/mol. The van der Waals surface area contributed by atoms with E-state index in [1.165, 1.54) is 17.6 Å². The molecule has 1 aliphatic rings. The highest BCUT2D eigenvalue weighted by Gasteiger charge is 2.02. The molecule has 0 amide bonds. The van der Waals surface area contributed by atoms with E-state index in [-0.39, 0.29) is 12.4 Å². The molecule has 0 saturated carbocycles. The highest BCUT2D eigenvalue weighted by molar-refractivity contribution is 5.89. The van der Waals surface area contributed by atoms with Gasteiger partial charge in [0.2, 0.25) is 0 Å².